The molecule has 0 fully saturated rings. The lowest BCUT2D eigenvalue weighted by molar-refractivity contribution is -0.255. The fourth-order valence-electron chi connectivity index (χ4n) is 3.50. The number of nitrogens with zero attached hydrogens (tertiary/aromatic N) is 2. The SMILES string of the molecule is O=C([O-])c1ccc2c(c1)C(=O)N(c1ccc(-c3nc4ccccc4c(=O)o3)cc1)C2=O. The Balaban J connectivity index is 1.51. The number of imide groups is 1. The number of carbonyl (C=O) groups excluding carboxylic acids is 3. The second-order valence-corrected chi connectivity index (χ2v) is 6.86. The van der Waals surface area contributed by atoms with E-state index in [1.54, 1.807) is 36.4 Å². The molecule has 0 bridgehead atoms. The van der Waals surface area contributed by atoms with Gasteiger partial charge in [-0.15, -0.1) is 0 Å². The number of rotatable bonds is 3. The van der Waals surface area contributed by atoms with Crippen LogP contribution in [0.25, 0.3) is 22.4 Å². The first kappa shape index (κ1) is 18.4. The average Bonchev–Trinajstić information content (AvgIpc) is 3.03. The number of carbonyl (C=O) groups is 3. The van der Waals surface area contributed by atoms with Crippen LogP contribution in [0.15, 0.2) is 75.9 Å². The van der Waals surface area contributed by atoms with Gasteiger partial charge in [0.1, 0.15) is 0 Å². The number of hydrogen-bond acceptors (Lipinski definition) is 7. The third kappa shape index (κ3) is 2.89. The lowest BCUT2D eigenvalue weighted by atomic mass is 10.1. The van der Waals surface area contributed by atoms with Gasteiger partial charge in [-0.1, -0.05) is 18.2 Å². The van der Waals surface area contributed by atoms with Gasteiger partial charge >= 0.3 is 5.63 Å². The van der Waals surface area contributed by atoms with Crippen molar-refractivity contribution in [2.24, 2.45) is 0 Å². The van der Waals surface area contributed by atoms with E-state index < -0.39 is 23.4 Å². The zero-order chi connectivity index (χ0) is 21.7. The molecular formula is C23H11N2O6-. The molecule has 0 N–H and O–H groups in total. The van der Waals surface area contributed by atoms with Gasteiger partial charge < -0.3 is 14.3 Å². The van der Waals surface area contributed by atoms with Crippen molar-refractivity contribution in [2.45, 2.75) is 0 Å². The summed E-state index contributed by atoms with van der Waals surface area (Å²) in [4.78, 5) is 54.0. The number of carboxylic acid groups (broad SMARTS) is 1. The van der Waals surface area contributed by atoms with Gasteiger partial charge in [-0.25, -0.2) is 14.7 Å². The van der Waals surface area contributed by atoms with Crippen LogP contribution in [0.3, 0.4) is 0 Å². The minimum absolute atomic E-state index is 0.00188. The minimum Gasteiger partial charge on any atom is -0.545 e. The Hall–Kier alpha value is -4.59. The molecule has 2 heterocycles. The van der Waals surface area contributed by atoms with Crippen LogP contribution in [0.1, 0.15) is 31.1 Å². The fraction of sp³-hybridized carbons (Fsp3) is 0. The summed E-state index contributed by atoms with van der Waals surface area (Å²) in [5.41, 5.74) is 0.667. The van der Waals surface area contributed by atoms with E-state index in [0.29, 0.717) is 16.5 Å². The number of aromatic nitrogens is 1. The highest BCUT2D eigenvalue weighted by Gasteiger charge is 2.36. The molecule has 0 spiro atoms. The standard InChI is InChI=1S/C23H12N2O6/c26-20-15-10-7-13(22(28)29)11-17(15)21(27)25(20)14-8-5-12(6-9-14)19-24-18-4-2-1-3-16(18)23(30)31-19/h1-11H,(H,28,29)/p-1. The van der Waals surface area contributed by atoms with Crippen molar-refractivity contribution in [1.29, 1.82) is 0 Å². The Labute approximate surface area is 174 Å². The van der Waals surface area contributed by atoms with E-state index in [1.807, 2.05) is 0 Å². The average molecular weight is 411 g/mol. The van der Waals surface area contributed by atoms with Crippen LogP contribution in [-0.2, 0) is 0 Å². The molecule has 4 aromatic rings. The first-order valence-corrected chi connectivity index (χ1v) is 9.18. The van der Waals surface area contributed by atoms with Crippen LogP contribution in [0.5, 0.6) is 0 Å². The maximum atomic E-state index is 12.7. The normalized spacial score (nSPS) is 13.0. The zero-order valence-corrected chi connectivity index (χ0v) is 15.7. The van der Waals surface area contributed by atoms with Crippen molar-refractivity contribution >= 4 is 34.4 Å². The van der Waals surface area contributed by atoms with Crippen LogP contribution < -0.4 is 15.6 Å². The lowest BCUT2D eigenvalue weighted by Crippen LogP contribution is -2.29. The summed E-state index contributed by atoms with van der Waals surface area (Å²) in [5, 5.41) is 11.4. The molecule has 8 heteroatoms. The number of anilines is 1. The largest absolute Gasteiger partial charge is 0.545 e. The summed E-state index contributed by atoms with van der Waals surface area (Å²) in [6, 6.07) is 16.6. The second kappa shape index (κ2) is 6.74. The van der Waals surface area contributed by atoms with Crippen molar-refractivity contribution in [2.75, 3.05) is 4.90 Å². The smallest absolute Gasteiger partial charge is 0.347 e. The predicted octanol–water partition coefficient (Wildman–Crippen LogP) is 2.02. The number of para-hydroxylation sites is 1. The van der Waals surface area contributed by atoms with E-state index in [9.17, 15) is 24.3 Å². The van der Waals surface area contributed by atoms with Crippen molar-refractivity contribution in [3.05, 3.63) is 93.8 Å². The Morgan fingerprint density at radius 3 is 2.32 bits per heavy atom. The molecule has 3 aromatic carbocycles. The van der Waals surface area contributed by atoms with Gasteiger partial charge in [-0.3, -0.25) is 9.59 Å². The molecule has 1 aromatic heterocycles. The van der Waals surface area contributed by atoms with Gasteiger partial charge in [0.2, 0.25) is 5.89 Å². The third-order valence-electron chi connectivity index (χ3n) is 5.03. The van der Waals surface area contributed by atoms with E-state index in [-0.39, 0.29) is 28.3 Å². The number of hydrogen-bond donors (Lipinski definition) is 0. The molecule has 0 aliphatic carbocycles. The molecule has 1 aliphatic rings. The topological polar surface area (TPSA) is 121 Å². The zero-order valence-electron chi connectivity index (χ0n) is 15.7. The molecule has 5 rings (SSSR count). The molecular weight excluding hydrogens is 400 g/mol. The third-order valence-corrected chi connectivity index (χ3v) is 5.03. The van der Waals surface area contributed by atoms with Crippen molar-refractivity contribution in [1.82, 2.24) is 4.98 Å². The van der Waals surface area contributed by atoms with E-state index in [1.165, 1.54) is 24.3 Å². The monoisotopic (exact) mass is 411 g/mol. The highest BCUT2D eigenvalue weighted by Crippen LogP contribution is 2.30. The van der Waals surface area contributed by atoms with E-state index in [2.05, 4.69) is 4.98 Å². The van der Waals surface area contributed by atoms with E-state index >= 15 is 0 Å². The van der Waals surface area contributed by atoms with Crippen molar-refractivity contribution in [3.8, 4) is 11.5 Å². The molecule has 0 radical (unpaired) electrons. The lowest BCUT2D eigenvalue weighted by Gasteiger charge is -2.14. The molecule has 0 atom stereocenters. The maximum Gasteiger partial charge on any atom is 0.347 e. The van der Waals surface area contributed by atoms with Crippen molar-refractivity contribution in [3.63, 3.8) is 0 Å². The van der Waals surface area contributed by atoms with Gasteiger partial charge in [0.25, 0.3) is 11.8 Å². The number of benzene rings is 3. The molecule has 0 saturated carbocycles. The first-order chi connectivity index (χ1) is 14.9. The molecule has 1 aliphatic heterocycles. The van der Waals surface area contributed by atoms with Gasteiger partial charge in [0.05, 0.1) is 33.7 Å². The first-order valence-electron chi connectivity index (χ1n) is 9.18. The van der Waals surface area contributed by atoms with E-state index in [4.69, 9.17) is 4.42 Å². The molecule has 8 nitrogen and oxygen atoms in total. The number of carboxylic acids is 1. The molecule has 150 valence electrons. The predicted molar refractivity (Wildman–Crippen MR) is 108 cm³/mol. The molecule has 31 heavy (non-hydrogen) atoms. The molecule has 0 saturated heterocycles. The fourth-order valence-corrected chi connectivity index (χ4v) is 3.50. The molecule has 2 amide bonds. The Morgan fingerprint density at radius 2 is 1.58 bits per heavy atom. The Bertz CT molecular complexity index is 1470. The van der Waals surface area contributed by atoms with E-state index in [0.717, 1.165) is 11.0 Å². The van der Waals surface area contributed by atoms with Gasteiger partial charge in [0.15, 0.2) is 0 Å². The van der Waals surface area contributed by atoms with Gasteiger partial charge in [-0.2, -0.15) is 0 Å². The minimum atomic E-state index is -1.43. The van der Waals surface area contributed by atoms with Gasteiger partial charge in [-0.05, 0) is 54.1 Å². The van der Waals surface area contributed by atoms with Gasteiger partial charge in [0, 0.05) is 5.56 Å². The number of amides is 2. The number of fused-ring (bicyclic) bond motifs is 2. The summed E-state index contributed by atoms with van der Waals surface area (Å²) in [6.07, 6.45) is 0. The van der Waals surface area contributed by atoms with Crippen LogP contribution in [0, 0.1) is 0 Å². The summed E-state index contributed by atoms with van der Waals surface area (Å²) < 4.78 is 5.29. The van der Waals surface area contributed by atoms with Crippen LogP contribution in [0.2, 0.25) is 0 Å². The summed E-state index contributed by atoms with van der Waals surface area (Å²) in [7, 11) is 0. The quantitative estimate of drug-likeness (QED) is 0.473. The van der Waals surface area contributed by atoms with Crippen LogP contribution in [-0.4, -0.2) is 22.8 Å². The summed E-state index contributed by atoms with van der Waals surface area (Å²) in [6.45, 7) is 0. The summed E-state index contributed by atoms with van der Waals surface area (Å²) >= 11 is 0. The summed E-state index contributed by atoms with van der Waals surface area (Å²) in [5.74, 6) is -2.52. The van der Waals surface area contributed by atoms with Crippen LogP contribution >= 0.6 is 0 Å². The maximum absolute atomic E-state index is 12.7. The second-order valence-electron chi connectivity index (χ2n) is 6.86. The number of aromatic carboxylic acids is 1. The highest BCUT2D eigenvalue weighted by molar-refractivity contribution is 6.34. The Kier molecular flexibility index (Phi) is 4.01. The highest BCUT2D eigenvalue weighted by atomic mass is 16.4. The van der Waals surface area contributed by atoms with Crippen molar-refractivity contribution < 1.29 is 23.9 Å². The Morgan fingerprint density at radius 1 is 0.871 bits per heavy atom. The van der Waals surface area contributed by atoms with Crippen LogP contribution in [0.4, 0.5) is 5.69 Å². The molecule has 0 unspecified atom stereocenters.